The van der Waals surface area contributed by atoms with Crippen molar-refractivity contribution in [3.8, 4) is 0 Å². The van der Waals surface area contributed by atoms with Gasteiger partial charge in [-0.3, -0.25) is 9.59 Å². The molecule has 6 nitrogen and oxygen atoms in total. The smallest absolute Gasteiger partial charge is 0.253 e. The number of nitrogens with zero attached hydrogens (tertiary/aromatic N) is 2. The second-order valence-corrected chi connectivity index (χ2v) is 5.66. The van der Waals surface area contributed by atoms with Crippen LogP contribution in [0.4, 0.5) is 10.1 Å². The highest BCUT2D eigenvalue weighted by atomic mass is 19.1. The fourth-order valence-corrected chi connectivity index (χ4v) is 2.83. The lowest BCUT2D eigenvalue weighted by atomic mass is 10.1. The van der Waals surface area contributed by atoms with Gasteiger partial charge in [-0.2, -0.15) is 4.39 Å². The van der Waals surface area contributed by atoms with E-state index in [-0.39, 0.29) is 11.9 Å². The summed E-state index contributed by atoms with van der Waals surface area (Å²) >= 11 is 0. The normalized spacial score (nSPS) is 16.9. The molecule has 7 heteroatoms. The number of carbonyl (C=O) groups is 2. The monoisotopic (exact) mass is 328 g/mol. The van der Waals surface area contributed by atoms with Gasteiger partial charge in [0.1, 0.15) is 0 Å². The first-order valence-corrected chi connectivity index (χ1v) is 7.61. The van der Waals surface area contributed by atoms with Gasteiger partial charge in [-0.1, -0.05) is 12.1 Å². The molecule has 124 valence electrons. The summed E-state index contributed by atoms with van der Waals surface area (Å²) in [6, 6.07) is 9.62. The van der Waals surface area contributed by atoms with Gasteiger partial charge in [0.2, 0.25) is 5.95 Å². The van der Waals surface area contributed by atoms with Gasteiger partial charge in [-0.25, -0.2) is 4.98 Å². The topological polar surface area (TPSA) is 88.3 Å². The predicted molar refractivity (Wildman–Crippen MR) is 87.2 cm³/mol. The molecule has 24 heavy (non-hydrogen) atoms. The number of primary amides is 1. The second-order valence-electron chi connectivity index (χ2n) is 5.66. The number of benzene rings is 1. The third kappa shape index (κ3) is 3.34. The minimum absolute atomic E-state index is 0.0662. The molecule has 0 bridgehead atoms. The maximum Gasteiger partial charge on any atom is 0.253 e. The number of anilines is 1. The molecular formula is C17H17FN4O2. The minimum atomic E-state index is -0.623. The van der Waals surface area contributed by atoms with Gasteiger partial charge in [0, 0.05) is 31.0 Å². The Bertz CT molecular complexity index is 763. The number of carbonyl (C=O) groups excluding carboxylic acids is 2. The zero-order chi connectivity index (χ0) is 17.1. The Labute approximate surface area is 138 Å². The molecule has 1 aromatic carbocycles. The first-order chi connectivity index (χ1) is 11.5. The molecule has 2 amide bonds. The lowest BCUT2D eigenvalue weighted by Gasteiger charge is -2.21. The summed E-state index contributed by atoms with van der Waals surface area (Å²) in [6.07, 6.45) is 1.95. The molecule has 1 unspecified atom stereocenters. The highest BCUT2D eigenvalue weighted by Gasteiger charge is 2.26. The van der Waals surface area contributed by atoms with E-state index in [9.17, 15) is 14.0 Å². The van der Waals surface area contributed by atoms with Gasteiger partial charge in [0.05, 0.1) is 11.1 Å². The van der Waals surface area contributed by atoms with Gasteiger partial charge in [-0.05, 0) is 30.7 Å². The molecular weight excluding hydrogens is 311 g/mol. The van der Waals surface area contributed by atoms with E-state index in [1.165, 1.54) is 12.3 Å². The maximum atomic E-state index is 12.8. The third-order valence-corrected chi connectivity index (χ3v) is 4.02. The van der Waals surface area contributed by atoms with E-state index >= 15 is 0 Å². The minimum Gasteiger partial charge on any atom is -0.369 e. The van der Waals surface area contributed by atoms with Crippen LogP contribution in [0.1, 0.15) is 27.1 Å². The van der Waals surface area contributed by atoms with Crippen molar-refractivity contribution in [3.05, 3.63) is 59.7 Å². The molecule has 0 spiro atoms. The van der Waals surface area contributed by atoms with Crippen LogP contribution in [-0.4, -0.2) is 35.9 Å². The molecule has 2 aromatic rings. The van der Waals surface area contributed by atoms with Crippen LogP contribution in [0.3, 0.4) is 0 Å². The van der Waals surface area contributed by atoms with Crippen LogP contribution in [-0.2, 0) is 0 Å². The molecule has 1 atom stereocenters. The van der Waals surface area contributed by atoms with E-state index in [1.807, 2.05) is 17.0 Å². The van der Waals surface area contributed by atoms with Crippen molar-refractivity contribution >= 4 is 17.5 Å². The Kier molecular flexibility index (Phi) is 4.41. The number of amides is 2. The number of hydrogen-bond acceptors (Lipinski definition) is 4. The summed E-state index contributed by atoms with van der Waals surface area (Å²) in [5.74, 6) is -1.39. The first kappa shape index (κ1) is 15.9. The summed E-state index contributed by atoms with van der Waals surface area (Å²) in [7, 11) is 0. The Hall–Kier alpha value is -2.96. The van der Waals surface area contributed by atoms with Crippen molar-refractivity contribution in [1.82, 2.24) is 10.3 Å². The molecule has 1 saturated heterocycles. The Balaban J connectivity index is 1.67. The summed E-state index contributed by atoms with van der Waals surface area (Å²) in [5, 5.41) is 2.90. The molecule has 3 rings (SSSR count). The van der Waals surface area contributed by atoms with E-state index in [4.69, 9.17) is 5.73 Å². The van der Waals surface area contributed by atoms with Crippen molar-refractivity contribution < 1.29 is 14.0 Å². The van der Waals surface area contributed by atoms with Crippen molar-refractivity contribution in [3.63, 3.8) is 0 Å². The Morgan fingerprint density at radius 1 is 1.25 bits per heavy atom. The van der Waals surface area contributed by atoms with E-state index in [2.05, 4.69) is 10.3 Å². The van der Waals surface area contributed by atoms with Crippen molar-refractivity contribution in [1.29, 1.82) is 0 Å². The second kappa shape index (κ2) is 6.66. The Morgan fingerprint density at radius 3 is 2.75 bits per heavy atom. The van der Waals surface area contributed by atoms with Crippen molar-refractivity contribution in [2.45, 2.75) is 12.5 Å². The van der Waals surface area contributed by atoms with Crippen molar-refractivity contribution in [2.75, 3.05) is 18.0 Å². The summed E-state index contributed by atoms with van der Waals surface area (Å²) < 4.78 is 12.8. The van der Waals surface area contributed by atoms with E-state index in [0.717, 1.165) is 18.2 Å². The van der Waals surface area contributed by atoms with Crippen molar-refractivity contribution in [2.24, 2.45) is 5.73 Å². The highest BCUT2D eigenvalue weighted by molar-refractivity contribution is 5.98. The third-order valence-electron chi connectivity index (χ3n) is 4.02. The molecule has 1 aliphatic heterocycles. The molecule has 3 N–H and O–H groups in total. The average Bonchev–Trinajstić information content (AvgIpc) is 3.03. The maximum absolute atomic E-state index is 12.8. The fraction of sp³-hybridized carbons (Fsp3) is 0.235. The predicted octanol–water partition coefficient (Wildman–Crippen LogP) is 1.33. The first-order valence-electron chi connectivity index (χ1n) is 7.61. The number of halogens is 1. The number of hydrogen-bond donors (Lipinski definition) is 2. The van der Waals surface area contributed by atoms with E-state index in [0.29, 0.717) is 24.2 Å². The quantitative estimate of drug-likeness (QED) is 0.829. The molecule has 0 radical (unpaired) electrons. The number of nitrogens with one attached hydrogen (secondary N) is 1. The van der Waals surface area contributed by atoms with Crippen LogP contribution >= 0.6 is 0 Å². The van der Waals surface area contributed by atoms with Gasteiger partial charge in [0.25, 0.3) is 11.8 Å². The van der Waals surface area contributed by atoms with Crippen LogP contribution in [0, 0.1) is 5.95 Å². The van der Waals surface area contributed by atoms with Crippen LogP contribution in [0.5, 0.6) is 0 Å². The highest BCUT2D eigenvalue weighted by Crippen LogP contribution is 2.24. The molecule has 1 aromatic heterocycles. The number of rotatable bonds is 4. The lowest BCUT2D eigenvalue weighted by molar-refractivity contribution is 0.0938. The number of aromatic nitrogens is 1. The van der Waals surface area contributed by atoms with Gasteiger partial charge in [0.15, 0.2) is 0 Å². The SMILES string of the molecule is NC(=O)c1ccccc1N1CCC(NC(=O)c2ccc(F)nc2)C1. The van der Waals surface area contributed by atoms with Crippen LogP contribution in [0.2, 0.25) is 0 Å². The fourth-order valence-electron chi connectivity index (χ4n) is 2.83. The zero-order valence-corrected chi connectivity index (χ0v) is 12.9. The number of nitrogens with two attached hydrogens (primary N) is 1. The standard InChI is InChI=1S/C17H17FN4O2/c18-15-6-5-11(9-20-15)17(24)21-12-7-8-22(10-12)14-4-2-1-3-13(14)16(19)23/h1-6,9,12H,7-8,10H2,(H2,19,23)(H,21,24). The molecule has 0 saturated carbocycles. The van der Waals surface area contributed by atoms with Gasteiger partial charge < -0.3 is 16.0 Å². The summed E-state index contributed by atoms with van der Waals surface area (Å²) in [5.41, 5.74) is 6.96. The molecule has 0 aliphatic carbocycles. The van der Waals surface area contributed by atoms with E-state index < -0.39 is 11.9 Å². The van der Waals surface area contributed by atoms with Gasteiger partial charge in [-0.15, -0.1) is 0 Å². The number of pyridine rings is 1. The Morgan fingerprint density at radius 2 is 2.04 bits per heavy atom. The summed E-state index contributed by atoms with van der Waals surface area (Å²) in [6.45, 7) is 1.28. The largest absolute Gasteiger partial charge is 0.369 e. The van der Waals surface area contributed by atoms with Crippen LogP contribution in [0.25, 0.3) is 0 Å². The molecule has 1 fully saturated rings. The lowest BCUT2D eigenvalue weighted by Crippen LogP contribution is -2.37. The van der Waals surface area contributed by atoms with Crippen LogP contribution < -0.4 is 16.0 Å². The number of para-hydroxylation sites is 1. The van der Waals surface area contributed by atoms with Gasteiger partial charge >= 0.3 is 0 Å². The average molecular weight is 328 g/mol. The molecule has 1 aliphatic rings. The molecule has 2 heterocycles. The summed E-state index contributed by atoms with van der Waals surface area (Å²) in [4.78, 5) is 29.2. The zero-order valence-electron chi connectivity index (χ0n) is 12.9. The van der Waals surface area contributed by atoms with Crippen LogP contribution in [0.15, 0.2) is 42.6 Å². The van der Waals surface area contributed by atoms with E-state index in [1.54, 1.807) is 12.1 Å².